The largest absolute Gasteiger partial charge is 0.345 e. The van der Waals surface area contributed by atoms with Gasteiger partial charge >= 0.3 is 0 Å². The maximum absolute atomic E-state index is 11.9. The highest BCUT2D eigenvalue weighted by molar-refractivity contribution is 9.10. The lowest BCUT2D eigenvalue weighted by molar-refractivity contribution is 0.101. The Labute approximate surface area is 115 Å². The van der Waals surface area contributed by atoms with Crippen LogP contribution in [0.3, 0.4) is 0 Å². The van der Waals surface area contributed by atoms with Gasteiger partial charge in [-0.15, -0.1) is 0 Å². The van der Waals surface area contributed by atoms with Gasteiger partial charge in [0.25, 0.3) is 5.91 Å². The lowest BCUT2D eigenvalue weighted by Crippen LogP contribution is -2.16. The smallest absolute Gasteiger partial charge is 0.273 e. The molecule has 0 aliphatic rings. The summed E-state index contributed by atoms with van der Waals surface area (Å²) in [4.78, 5) is 19.9. The number of hydrogen-bond donors (Lipinski definition) is 1. The van der Waals surface area contributed by atoms with Crippen LogP contribution in [0.25, 0.3) is 0 Å². The highest BCUT2D eigenvalue weighted by atomic mass is 79.9. The van der Waals surface area contributed by atoms with E-state index in [0.717, 1.165) is 4.47 Å². The van der Waals surface area contributed by atoms with Crippen LogP contribution in [0, 0.1) is 0 Å². The van der Waals surface area contributed by atoms with E-state index in [1.807, 2.05) is 6.20 Å². The molecule has 2 aromatic heterocycles. The number of hydrogen-bond acceptors (Lipinski definition) is 3. The standard InChI is InChI=1S/C10H8Br2N4O/c1-16-5-6(11)2-7(16)10(17)15-9-4-13-8(12)3-14-9/h2-5H,1H3,(H,14,15,17). The van der Waals surface area contributed by atoms with Crippen molar-refractivity contribution < 1.29 is 4.79 Å². The molecule has 0 bridgehead atoms. The average Bonchev–Trinajstić information content (AvgIpc) is 2.61. The number of carbonyl (C=O) groups excluding carboxylic acids is 1. The van der Waals surface area contributed by atoms with E-state index in [9.17, 15) is 4.79 Å². The Bertz CT molecular complexity index is 550. The first-order valence-corrected chi connectivity index (χ1v) is 6.25. The van der Waals surface area contributed by atoms with Crippen LogP contribution in [0.4, 0.5) is 5.82 Å². The molecule has 0 saturated heterocycles. The number of aromatic nitrogens is 3. The van der Waals surface area contributed by atoms with E-state index < -0.39 is 0 Å². The lowest BCUT2D eigenvalue weighted by atomic mass is 10.4. The fourth-order valence-electron chi connectivity index (χ4n) is 1.31. The summed E-state index contributed by atoms with van der Waals surface area (Å²) in [5, 5.41) is 2.66. The molecule has 0 aliphatic carbocycles. The van der Waals surface area contributed by atoms with Gasteiger partial charge in [-0.05, 0) is 37.9 Å². The molecule has 0 aliphatic heterocycles. The maximum atomic E-state index is 11.9. The zero-order valence-electron chi connectivity index (χ0n) is 8.82. The van der Waals surface area contributed by atoms with E-state index in [0.29, 0.717) is 16.1 Å². The van der Waals surface area contributed by atoms with E-state index in [1.54, 1.807) is 17.7 Å². The molecule has 2 aromatic rings. The number of anilines is 1. The molecule has 0 aromatic carbocycles. The molecule has 7 heteroatoms. The van der Waals surface area contributed by atoms with Crippen LogP contribution in [0.1, 0.15) is 10.5 Å². The van der Waals surface area contributed by atoms with E-state index in [2.05, 4.69) is 47.1 Å². The number of halogens is 2. The van der Waals surface area contributed by atoms with Gasteiger partial charge in [0.1, 0.15) is 10.3 Å². The predicted octanol–water partition coefficient (Wildman–Crippen LogP) is 2.59. The van der Waals surface area contributed by atoms with Crippen molar-refractivity contribution in [1.29, 1.82) is 0 Å². The minimum absolute atomic E-state index is 0.227. The van der Waals surface area contributed by atoms with Gasteiger partial charge in [0.15, 0.2) is 5.82 Å². The second-order valence-corrected chi connectivity index (χ2v) is 5.06. The molecular weight excluding hydrogens is 352 g/mol. The van der Waals surface area contributed by atoms with Gasteiger partial charge in [-0.25, -0.2) is 9.97 Å². The normalized spacial score (nSPS) is 10.3. The molecule has 0 saturated carbocycles. The first kappa shape index (κ1) is 12.3. The highest BCUT2D eigenvalue weighted by Crippen LogP contribution is 2.15. The van der Waals surface area contributed by atoms with Gasteiger partial charge in [-0.3, -0.25) is 4.79 Å². The van der Waals surface area contributed by atoms with Crippen molar-refractivity contribution in [2.45, 2.75) is 0 Å². The van der Waals surface area contributed by atoms with Crippen LogP contribution >= 0.6 is 31.9 Å². The van der Waals surface area contributed by atoms with Crippen molar-refractivity contribution in [3.8, 4) is 0 Å². The van der Waals surface area contributed by atoms with Gasteiger partial charge in [0.05, 0.1) is 12.4 Å². The number of nitrogens with one attached hydrogen (secondary N) is 1. The molecule has 2 rings (SSSR count). The third-order valence-corrected chi connectivity index (χ3v) is 2.91. The summed E-state index contributed by atoms with van der Waals surface area (Å²) in [5.74, 6) is 0.186. The molecule has 0 atom stereocenters. The SMILES string of the molecule is Cn1cc(Br)cc1C(=O)Nc1cnc(Br)cn1. The third-order valence-electron chi connectivity index (χ3n) is 2.07. The highest BCUT2D eigenvalue weighted by Gasteiger charge is 2.11. The van der Waals surface area contributed by atoms with Gasteiger partial charge in [0.2, 0.25) is 0 Å². The topological polar surface area (TPSA) is 59.8 Å². The Kier molecular flexibility index (Phi) is 3.58. The summed E-state index contributed by atoms with van der Waals surface area (Å²) in [6, 6.07) is 1.74. The van der Waals surface area contributed by atoms with E-state index in [-0.39, 0.29) is 5.91 Å². The van der Waals surface area contributed by atoms with Crippen molar-refractivity contribution in [3.05, 3.63) is 39.4 Å². The summed E-state index contributed by atoms with van der Waals surface area (Å²) in [5.41, 5.74) is 0.543. The van der Waals surface area contributed by atoms with Gasteiger partial charge in [-0.2, -0.15) is 0 Å². The minimum Gasteiger partial charge on any atom is -0.345 e. The Morgan fingerprint density at radius 3 is 2.65 bits per heavy atom. The van der Waals surface area contributed by atoms with Crippen LogP contribution in [-0.2, 0) is 7.05 Å². The number of rotatable bonds is 2. The second kappa shape index (κ2) is 4.97. The molecule has 88 valence electrons. The van der Waals surface area contributed by atoms with Crippen molar-refractivity contribution in [3.63, 3.8) is 0 Å². The minimum atomic E-state index is -0.227. The summed E-state index contributed by atoms with van der Waals surface area (Å²) in [6.07, 6.45) is 4.82. The number of nitrogens with zero attached hydrogens (tertiary/aromatic N) is 3. The molecule has 1 amide bonds. The van der Waals surface area contributed by atoms with Crippen LogP contribution in [0.15, 0.2) is 33.7 Å². The quantitative estimate of drug-likeness (QED) is 0.896. The van der Waals surface area contributed by atoms with Crippen molar-refractivity contribution in [2.24, 2.45) is 7.05 Å². The molecule has 17 heavy (non-hydrogen) atoms. The molecule has 0 spiro atoms. The molecule has 0 unspecified atom stereocenters. The maximum Gasteiger partial charge on any atom is 0.273 e. The molecule has 5 nitrogen and oxygen atoms in total. The Balaban J connectivity index is 2.17. The summed E-state index contributed by atoms with van der Waals surface area (Å²) in [7, 11) is 1.80. The van der Waals surface area contributed by atoms with Crippen LogP contribution < -0.4 is 5.32 Å². The Morgan fingerprint density at radius 2 is 2.12 bits per heavy atom. The fourth-order valence-corrected chi connectivity index (χ4v) is 2.04. The van der Waals surface area contributed by atoms with Crippen LogP contribution in [-0.4, -0.2) is 20.4 Å². The molecule has 0 radical (unpaired) electrons. The summed E-state index contributed by atoms with van der Waals surface area (Å²) in [6.45, 7) is 0. The number of aryl methyl sites for hydroxylation is 1. The zero-order chi connectivity index (χ0) is 12.4. The number of carbonyl (C=O) groups is 1. The molecular formula is C10H8Br2N4O. The Hall–Kier alpha value is -1.21. The monoisotopic (exact) mass is 358 g/mol. The van der Waals surface area contributed by atoms with Gasteiger partial charge in [0, 0.05) is 17.7 Å². The Morgan fingerprint density at radius 1 is 1.35 bits per heavy atom. The van der Waals surface area contributed by atoms with Crippen LogP contribution in [0.2, 0.25) is 0 Å². The van der Waals surface area contributed by atoms with E-state index >= 15 is 0 Å². The van der Waals surface area contributed by atoms with E-state index in [1.165, 1.54) is 12.4 Å². The first-order chi connectivity index (χ1) is 8.06. The lowest BCUT2D eigenvalue weighted by Gasteiger charge is -2.04. The van der Waals surface area contributed by atoms with Crippen LogP contribution in [0.5, 0.6) is 0 Å². The van der Waals surface area contributed by atoms with Crippen molar-refractivity contribution >= 4 is 43.6 Å². The molecule has 0 fully saturated rings. The third kappa shape index (κ3) is 2.92. The van der Waals surface area contributed by atoms with Gasteiger partial charge in [-0.1, -0.05) is 0 Å². The first-order valence-electron chi connectivity index (χ1n) is 4.67. The predicted molar refractivity (Wildman–Crippen MR) is 70.8 cm³/mol. The fraction of sp³-hybridized carbons (Fsp3) is 0.100. The summed E-state index contributed by atoms with van der Waals surface area (Å²) < 4.78 is 3.20. The number of amides is 1. The average molecular weight is 360 g/mol. The van der Waals surface area contributed by atoms with Crippen molar-refractivity contribution in [1.82, 2.24) is 14.5 Å². The van der Waals surface area contributed by atoms with Gasteiger partial charge < -0.3 is 9.88 Å². The summed E-state index contributed by atoms with van der Waals surface area (Å²) >= 11 is 6.49. The molecule has 1 N–H and O–H groups in total. The zero-order valence-corrected chi connectivity index (χ0v) is 12.0. The van der Waals surface area contributed by atoms with Crippen molar-refractivity contribution in [2.75, 3.05) is 5.32 Å². The van der Waals surface area contributed by atoms with E-state index in [4.69, 9.17) is 0 Å². The molecule has 2 heterocycles. The second-order valence-electron chi connectivity index (χ2n) is 3.33.